The number of hydrogen-bond acceptors (Lipinski definition) is 4. The maximum Gasteiger partial charge on any atom is 0.145 e. The topological polar surface area (TPSA) is 76.1 Å². The van der Waals surface area contributed by atoms with Gasteiger partial charge < -0.3 is 10.2 Å². The molecule has 2 N–H and O–H groups in total. The number of aromatic nitrogens is 4. The summed E-state index contributed by atoms with van der Waals surface area (Å²) in [7, 11) is 0. The van der Waals surface area contributed by atoms with Crippen molar-refractivity contribution in [3.8, 4) is 28.5 Å². The number of aromatic hydroxyl groups is 1. The second kappa shape index (κ2) is 10.2. The lowest BCUT2D eigenvalue weighted by molar-refractivity contribution is 0.388. The highest BCUT2D eigenvalue weighted by Crippen LogP contribution is 2.53. The van der Waals surface area contributed by atoms with E-state index in [1.54, 1.807) is 12.1 Å². The van der Waals surface area contributed by atoms with E-state index in [0.717, 1.165) is 62.3 Å². The van der Waals surface area contributed by atoms with Crippen molar-refractivity contribution >= 4 is 28.8 Å². The molecule has 2 unspecified atom stereocenters. The van der Waals surface area contributed by atoms with Crippen LogP contribution in [0.15, 0.2) is 115 Å². The molecule has 4 aromatic carbocycles. The number of phenolic OH excluding ortho intramolecular Hbond substituents is 1. The number of allylic oxidation sites excluding steroid dienone is 4. The first-order valence-corrected chi connectivity index (χ1v) is 16.3. The zero-order valence-corrected chi connectivity index (χ0v) is 26.3. The van der Waals surface area contributed by atoms with Gasteiger partial charge in [0.2, 0.25) is 0 Å². The first kappa shape index (κ1) is 27.7. The summed E-state index contributed by atoms with van der Waals surface area (Å²) in [6, 6.07) is 32.7. The summed E-state index contributed by atoms with van der Waals surface area (Å²) in [4.78, 5) is 10.4. The Morgan fingerprint density at radius 2 is 1.51 bits per heavy atom. The Hall–Kier alpha value is -5.62. The second-order valence-electron chi connectivity index (χ2n) is 13.4. The fourth-order valence-corrected chi connectivity index (χ4v) is 7.92. The van der Waals surface area contributed by atoms with Crippen molar-refractivity contribution in [2.75, 3.05) is 0 Å². The molecule has 0 spiro atoms. The third-order valence-electron chi connectivity index (χ3n) is 10.2. The SMILES string of the molecule is CC1(C)c2cc3c(cc2C2C=c4nc(-c5cccc(O)c5)n(-c5ccccc5)c4=CC21)nc(C1=CCCC(O)=C1)n3-c1ccccc1. The molecular weight excluding hydrogens is 580 g/mol. The van der Waals surface area contributed by atoms with Crippen LogP contribution in [0, 0.1) is 5.92 Å². The Labute approximate surface area is 272 Å². The summed E-state index contributed by atoms with van der Waals surface area (Å²) in [5, 5.41) is 22.8. The lowest BCUT2D eigenvalue weighted by atomic mass is 9.74. The van der Waals surface area contributed by atoms with Gasteiger partial charge in [0.05, 0.1) is 27.5 Å². The first-order chi connectivity index (χ1) is 22.9. The van der Waals surface area contributed by atoms with E-state index in [2.05, 4.69) is 89.7 Å². The molecule has 6 nitrogen and oxygen atoms in total. The molecule has 3 aliphatic rings. The van der Waals surface area contributed by atoms with Gasteiger partial charge in [0.25, 0.3) is 0 Å². The maximum absolute atomic E-state index is 10.4. The zero-order valence-electron chi connectivity index (χ0n) is 26.3. The summed E-state index contributed by atoms with van der Waals surface area (Å²) in [6.07, 6.45) is 10.2. The Morgan fingerprint density at radius 1 is 0.766 bits per heavy atom. The number of fused-ring (bicyclic) bond motifs is 5. The highest BCUT2D eigenvalue weighted by Gasteiger charge is 2.46. The standard InChI is InChI=1S/C41H34N4O2/c1-41(2)33-23-37-35(42-39(25-11-9-17-29(46)19-25)44(37)27-13-5-3-6-14-27)21-31(33)32-22-36-38(24-34(32)41)45(28-15-7-4-8-16-28)40(43-36)26-12-10-18-30(47)20-26/h3-9,11-17,19-24,31,33,46-47H,10,18H2,1-2H3. The molecule has 2 atom stereocenters. The molecule has 0 bridgehead atoms. The zero-order chi connectivity index (χ0) is 31.9. The molecule has 0 amide bonds. The van der Waals surface area contributed by atoms with E-state index in [1.807, 2.05) is 42.5 Å². The predicted molar refractivity (Wildman–Crippen MR) is 187 cm³/mol. The van der Waals surface area contributed by atoms with E-state index in [4.69, 9.17) is 9.97 Å². The monoisotopic (exact) mass is 614 g/mol. The van der Waals surface area contributed by atoms with Crippen LogP contribution >= 0.6 is 0 Å². The molecule has 0 saturated carbocycles. The average Bonchev–Trinajstić information content (AvgIpc) is 3.72. The number of aliphatic hydroxyl groups excluding tert-OH is 1. The lowest BCUT2D eigenvalue weighted by Crippen LogP contribution is -2.38. The highest BCUT2D eigenvalue weighted by molar-refractivity contribution is 5.87. The molecule has 0 fully saturated rings. The van der Waals surface area contributed by atoms with Crippen molar-refractivity contribution in [3.63, 3.8) is 0 Å². The molecule has 2 heterocycles. The molecule has 0 radical (unpaired) electrons. The van der Waals surface area contributed by atoms with Crippen molar-refractivity contribution in [2.24, 2.45) is 5.92 Å². The molecule has 9 rings (SSSR count). The predicted octanol–water partition coefficient (Wildman–Crippen LogP) is 7.47. The number of hydrogen-bond donors (Lipinski definition) is 2. The summed E-state index contributed by atoms with van der Waals surface area (Å²) < 4.78 is 4.47. The van der Waals surface area contributed by atoms with E-state index >= 15 is 0 Å². The summed E-state index contributed by atoms with van der Waals surface area (Å²) >= 11 is 0. The number of benzene rings is 4. The van der Waals surface area contributed by atoms with Gasteiger partial charge in [0, 0.05) is 34.9 Å². The van der Waals surface area contributed by atoms with E-state index in [-0.39, 0.29) is 23.0 Å². The fraction of sp³-hybridized carbons (Fsp3) is 0.171. The minimum atomic E-state index is -0.173. The van der Waals surface area contributed by atoms with Crippen LogP contribution in [0.3, 0.4) is 0 Å². The van der Waals surface area contributed by atoms with Gasteiger partial charge in [-0.1, -0.05) is 74.5 Å². The normalized spacial score (nSPS) is 19.2. The number of imidazole rings is 2. The van der Waals surface area contributed by atoms with Crippen LogP contribution in [-0.4, -0.2) is 29.3 Å². The van der Waals surface area contributed by atoms with Crippen LogP contribution in [0.4, 0.5) is 0 Å². The van der Waals surface area contributed by atoms with Crippen LogP contribution in [0.25, 0.3) is 51.5 Å². The van der Waals surface area contributed by atoms with Crippen molar-refractivity contribution in [1.82, 2.24) is 19.1 Å². The molecular formula is C41H34N4O2. The van der Waals surface area contributed by atoms with Crippen LogP contribution < -0.4 is 10.7 Å². The van der Waals surface area contributed by atoms with Gasteiger partial charge in [-0.3, -0.25) is 9.13 Å². The molecule has 230 valence electrons. The van der Waals surface area contributed by atoms with Crippen LogP contribution in [-0.2, 0) is 5.41 Å². The third kappa shape index (κ3) is 4.24. The van der Waals surface area contributed by atoms with E-state index in [9.17, 15) is 10.2 Å². The number of para-hydroxylation sites is 2. The number of rotatable bonds is 4. The third-order valence-corrected chi connectivity index (χ3v) is 10.2. The van der Waals surface area contributed by atoms with E-state index in [0.29, 0.717) is 12.2 Å². The molecule has 6 heteroatoms. The van der Waals surface area contributed by atoms with Gasteiger partial charge in [-0.15, -0.1) is 0 Å². The molecule has 3 aliphatic carbocycles. The Morgan fingerprint density at radius 3 is 2.23 bits per heavy atom. The highest BCUT2D eigenvalue weighted by atomic mass is 16.3. The number of nitrogens with zero attached hydrogens (tertiary/aromatic N) is 4. The molecule has 6 aromatic rings. The van der Waals surface area contributed by atoms with Gasteiger partial charge >= 0.3 is 0 Å². The van der Waals surface area contributed by atoms with Crippen LogP contribution in [0.1, 0.15) is 49.6 Å². The molecule has 0 aliphatic heterocycles. The first-order valence-electron chi connectivity index (χ1n) is 16.3. The Bertz CT molecular complexity index is 2410. The van der Waals surface area contributed by atoms with E-state index in [1.165, 1.54) is 11.1 Å². The summed E-state index contributed by atoms with van der Waals surface area (Å²) in [5.74, 6) is 2.60. The minimum Gasteiger partial charge on any atom is -0.512 e. The molecule has 2 aromatic heterocycles. The van der Waals surface area contributed by atoms with Crippen molar-refractivity contribution in [1.29, 1.82) is 0 Å². The van der Waals surface area contributed by atoms with Gasteiger partial charge in [-0.05, 0) is 89.6 Å². The quantitative estimate of drug-likeness (QED) is 0.216. The smallest absolute Gasteiger partial charge is 0.145 e. The minimum absolute atomic E-state index is 0.135. The van der Waals surface area contributed by atoms with Gasteiger partial charge in [0.15, 0.2) is 0 Å². The maximum atomic E-state index is 10.4. The van der Waals surface area contributed by atoms with E-state index < -0.39 is 0 Å². The van der Waals surface area contributed by atoms with Gasteiger partial charge in [0.1, 0.15) is 17.4 Å². The van der Waals surface area contributed by atoms with Crippen LogP contribution in [0.2, 0.25) is 0 Å². The molecule has 0 saturated heterocycles. The summed E-state index contributed by atoms with van der Waals surface area (Å²) in [6.45, 7) is 4.71. The van der Waals surface area contributed by atoms with Crippen molar-refractivity contribution < 1.29 is 10.2 Å². The van der Waals surface area contributed by atoms with Crippen molar-refractivity contribution in [2.45, 2.75) is 38.0 Å². The summed E-state index contributed by atoms with van der Waals surface area (Å²) in [5.41, 5.74) is 8.32. The lowest BCUT2D eigenvalue weighted by Gasteiger charge is -2.29. The van der Waals surface area contributed by atoms with Crippen LogP contribution in [0.5, 0.6) is 5.75 Å². The van der Waals surface area contributed by atoms with Crippen molar-refractivity contribution in [3.05, 3.63) is 143 Å². The molecule has 47 heavy (non-hydrogen) atoms. The Balaban J connectivity index is 1.27. The average molecular weight is 615 g/mol. The number of aliphatic hydroxyl groups is 1. The second-order valence-corrected chi connectivity index (χ2v) is 13.4. The largest absolute Gasteiger partial charge is 0.512 e. The fourth-order valence-electron chi connectivity index (χ4n) is 7.92. The van der Waals surface area contributed by atoms with Gasteiger partial charge in [-0.25, -0.2) is 9.97 Å². The number of phenols is 1. The Kier molecular flexibility index (Phi) is 6.00. The van der Waals surface area contributed by atoms with Gasteiger partial charge in [-0.2, -0.15) is 0 Å².